The first-order valence-corrected chi connectivity index (χ1v) is 7.15. The molecule has 1 aromatic rings. The lowest BCUT2D eigenvalue weighted by Crippen LogP contribution is -2.34. The Morgan fingerprint density at radius 2 is 2.29 bits per heavy atom. The van der Waals surface area contributed by atoms with Gasteiger partial charge in [-0.2, -0.15) is 0 Å². The summed E-state index contributed by atoms with van der Waals surface area (Å²) in [4.78, 5) is 18.3. The van der Waals surface area contributed by atoms with Crippen molar-refractivity contribution in [1.29, 1.82) is 0 Å². The molecule has 0 saturated heterocycles. The molecule has 1 N–H and O–H groups in total. The minimum Gasteiger partial charge on any atom is -0.395 e. The van der Waals surface area contributed by atoms with Crippen molar-refractivity contribution in [3.05, 3.63) is 29.6 Å². The van der Waals surface area contributed by atoms with Crippen molar-refractivity contribution in [3.8, 4) is 11.8 Å². The van der Waals surface area contributed by atoms with Crippen molar-refractivity contribution in [3.63, 3.8) is 0 Å². The highest BCUT2D eigenvalue weighted by Crippen LogP contribution is 2.09. The summed E-state index contributed by atoms with van der Waals surface area (Å²) in [5.41, 5.74) is 1.12. The summed E-state index contributed by atoms with van der Waals surface area (Å²) in [5.74, 6) is 5.63. The summed E-state index contributed by atoms with van der Waals surface area (Å²) in [6.07, 6.45) is 3.54. The van der Waals surface area contributed by atoms with Crippen LogP contribution in [0.4, 0.5) is 0 Å². The van der Waals surface area contributed by atoms with E-state index in [1.807, 2.05) is 13.8 Å². The summed E-state index contributed by atoms with van der Waals surface area (Å²) in [7, 11) is 0. The molecule has 5 heteroatoms. The Hall–Kier alpha value is -1.90. The second-order valence-corrected chi connectivity index (χ2v) is 4.28. The Morgan fingerprint density at radius 3 is 2.95 bits per heavy atom. The highest BCUT2D eigenvalue weighted by atomic mass is 16.5. The predicted octanol–water partition coefficient (Wildman–Crippen LogP) is 1.31. The molecular formula is C16H22N2O3. The first kappa shape index (κ1) is 17.2. The zero-order chi connectivity index (χ0) is 15.5. The molecule has 0 aliphatic carbocycles. The molecule has 0 spiro atoms. The molecule has 1 aromatic heterocycles. The molecule has 0 saturated carbocycles. The number of carbonyl (C=O) groups is 1. The van der Waals surface area contributed by atoms with Crippen molar-refractivity contribution in [2.75, 3.05) is 32.9 Å². The van der Waals surface area contributed by atoms with Crippen molar-refractivity contribution in [2.24, 2.45) is 0 Å². The Labute approximate surface area is 125 Å². The monoisotopic (exact) mass is 290 g/mol. The average molecular weight is 290 g/mol. The lowest BCUT2D eigenvalue weighted by molar-refractivity contribution is 0.0669. The van der Waals surface area contributed by atoms with Crippen LogP contribution in [0.15, 0.2) is 18.5 Å². The van der Waals surface area contributed by atoms with Crippen molar-refractivity contribution >= 4 is 5.91 Å². The number of likely N-dealkylation sites (N-methyl/N-ethyl adjacent to an activating group) is 1. The van der Waals surface area contributed by atoms with Gasteiger partial charge >= 0.3 is 0 Å². The normalized spacial score (nSPS) is 9.86. The highest BCUT2D eigenvalue weighted by molar-refractivity contribution is 5.96. The van der Waals surface area contributed by atoms with Gasteiger partial charge in [0.1, 0.15) is 0 Å². The molecule has 0 aliphatic rings. The van der Waals surface area contributed by atoms with E-state index in [4.69, 9.17) is 9.84 Å². The van der Waals surface area contributed by atoms with E-state index in [0.29, 0.717) is 43.9 Å². The Morgan fingerprint density at radius 1 is 1.48 bits per heavy atom. The molecular weight excluding hydrogens is 268 g/mol. The number of nitrogens with zero attached hydrogens (tertiary/aromatic N) is 2. The second kappa shape index (κ2) is 9.92. The molecule has 0 unspecified atom stereocenters. The van der Waals surface area contributed by atoms with Gasteiger partial charge in [-0.1, -0.05) is 11.8 Å². The van der Waals surface area contributed by atoms with Gasteiger partial charge in [0.15, 0.2) is 0 Å². The first-order chi connectivity index (χ1) is 10.2. The molecule has 0 atom stereocenters. The Balaban J connectivity index is 2.87. The van der Waals surface area contributed by atoms with Gasteiger partial charge in [-0.25, -0.2) is 0 Å². The van der Waals surface area contributed by atoms with Crippen LogP contribution in [0, 0.1) is 11.8 Å². The van der Waals surface area contributed by atoms with Crippen LogP contribution in [-0.2, 0) is 4.74 Å². The van der Waals surface area contributed by atoms with Crippen LogP contribution in [0.1, 0.15) is 36.2 Å². The first-order valence-electron chi connectivity index (χ1n) is 7.15. The molecule has 114 valence electrons. The van der Waals surface area contributed by atoms with Crippen LogP contribution in [0.2, 0.25) is 0 Å². The van der Waals surface area contributed by atoms with E-state index in [-0.39, 0.29) is 12.5 Å². The number of carbonyl (C=O) groups excluding carboxylic acids is 1. The number of ether oxygens (including phenoxy) is 1. The van der Waals surface area contributed by atoms with Gasteiger partial charge in [-0.3, -0.25) is 9.78 Å². The van der Waals surface area contributed by atoms with Crippen molar-refractivity contribution < 1.29 is 14.6 Å². The van der Waals surface area contributed by atoms with Crippen LogP contribution < -0.4 is 0 Å². The third-order valence-corrected chi connectivity index (χ3v) is 2.89. The number of rotatable bonds is 7. The van der Waals surface area contributed by atoms with E-state index in [2.05, 4.69) is 16.8 Å². The molecule has 5 nitrogen and oxygen atoms in total. The molecule has 1 rings (SSSR count). The summed E-state index contributed by atoms with van der Waals surface area (Å²) < 4.78 is 5.30. The number of amides is 1. The highest BCUT2D eigenvalue weighted by Gasteiger charge is 2.16. The van der Waals surface area contributed by atoms with Gasteiger partial charge in [0.25, 0.3) is 5.91 Å². The average Bonchev–Trinajstić information content (AvgIpc) is 2.52. The van der Waals surface area contributed by atoms with Gasteiger partial charge in [0.2, 0.25) is 0 Å². The Kier molecular flexibility index (Phi) is 8.10. The smallest absolute Gasteiger partial charge is 0.255 e. The zero-order valence-electron chi connectivity index (χ0n) is 12.6. The summed E-state index contributed by atoms with van der Waals surface area (Å²) >= 11 is 0. The van der Waals surface area contributed by atoms with E-state index in [9.17, 15) is 4.79 Å². The van der Waals surface area contributed by atoms with Gasteiger partial charge in [-0.15, -0.1) is 0 Å². The molecule has 0 fully saturated rings. The molecule has 21 heavy (non-hydrogen) atoms. The third-order valence-electron chi connectivity index (χ3n) is 2.89. The maximum atomic E-state index is 12.5. The van der Waals surface area contributed by atoms with Crippen LogP contribution in [0.3, 0.4) is 0 Å². The Bertz CT molecular complexity index is 506. The molecule has 0 aliphatic heterocycles. The van der Waals surface area contributed by atoms with Gasteiger partial charge in [-0.05, 0) is 19.9 Å². The van der Waals surface area contributed by atoms with Crippen LogP contribution >= 0.6 is 0 Å². The number of hydrogen-bond acceptors (Lipinski definition) is 4. The van der Waals surface area contributed by atoms with E-state index in [0.717, 1.165) is 0 Å². The number of aliphatic hydroxyl groups is 1. The third kappa shape index (κ3) is 5.54. The van der Waals surface area contributed by atoms with Crippen LogP contribution in [0.5, 0.6) is 0 Å². The fraction of sp³-hybridized carbons (Fsp3) is 0.500. The summed E-state index contributed by atoms with van der Waals surface area (Å²) in [5, 5.41) is 8.76. The zero-order valence-corrected chi connectivity index (χ0v) is 12.6. The number of aliphatic hydroxyl groups excluding tert-OH is 1. The van der Waals surface area contributed by atoms with E-state index < -0.39 is 0 Å². The van der Waals surface area contributed by atoms with Gasteiger partial charge in [0, 0.05) is 38.5 Å². The van der Waals surface area contributed by atoms with E-state index in [1.54, 1.807) is 23.4 Å². The molecule has 1 heterocycles. The number of pyridine rings is 1. The minimum absolute atomic E-state index is 0.00594. The molecule has 0 bridgehead atoms. The van der Waals surface area contributed by atoms with Crippen LogP contribution in [-0.4, -0.2) is 53.8 Å². The lowest BCUT2D eigenvalue weighted by Gasteiger charge is -2.21. The maximum Gasteiger partial charge on any atom is 0.255 e. The molecule has 1 amide bonds. The second-order valence-electron chi connectivity index (χ2n) is 4.28. The number of aromatic nitrogens is 1. The van der Waals surface area contributed by atoms with Crippen LogP contribution in [0.25, 0.3) is 0 Å². The summed E-state index contributed by atoms with van der Waals surface area (Å²) in [6, 6.07) is 1.68. The quantitative estimate of drug-likeness (QED) is 0.607. The fourth-order valence-corrected chi connectivity index (χ4v) is 1.79. The number of hydrogen-bond donors (Lipinski definition) is 1. The fourth-order valence-electron chi connectivity index (χ4n) is 1.79. The molecule has 0 aromatic carbocycles. The molecule has 0 radical (unpaired) electrons. The van der Waals surface area contributed by atoms with Crippen molar-refractivity contribution in [1.82, 2.24) is 9.88 Å². The van der Waals surface area contributed by atoms with Crippen molar-refractivity contribution in [2.45, 2.75) is 20.3 Å². The largest absolute Gasteiger partial charge is 0.395 e. The topological polar surface area (TPSA) is 62.7 Å². The van der Waals surface area contributed by atoms with E-state index in [1.165, 1.54) is 0 Å². The van der Waals surface area contributed by atoms with Gasteiger partial charge < -0.3 is 14.7 Å². The lowest BCUT2D eigenvalue weighted by atomic mass is 10.1. The summed E-state index contributed by atoms with van der Waals surface area (Å²) in [6.45, 7) is 6.18. The minimum atomic E-state index is -0.0760. The van der Waals surface area contributed by atoms with Gasteiger partial charge in [0.05, 0.1) is 24.3 Å². The van der Waals surface area contributed by atoms with E-state index >= 15 is 0 Å². The predicted molar refractivity (Wildman–Crippen MR) is 80.9 cm³/mol. The standard InChI is InChI=1S/C16H22N2O3/c1-3-18(10-12-21-4-2)16(20)15-8-9-17-13-14(15)7-5-6-11-19/h8-9,13,19H,3-4,6,10-12H2,1-2H3. The maximum absolute atomic E-state index is 12.5. The SMILES string of the molecule is CCOCCN(CC)C(=O)c1ccncc1C#CCCO.